The molecule has 0 fully saturated rings. The average molecular weight is 234 g/mol. The Morgan fingerprint density at radius 3 is 2.18 bits per heavy atom. The Morgan fingerprint density at radius 1 is 1.12 bits per heavy atom. The van der Waals surface area contributed by atoms with E-state index in [4.69, 9.17) is 4.74 Å². The van der Waals surface area contributed by atoms with Crippen LogP contribution in [0, 0.1) is 11.8 Å². The van der Waals surface area contributed by atoms with Crippen LogP contribution in [-0.4, -0.2) is 11.9 Å². The molecule has 2 nitrogen and oxygen atoms in total. The van der Waals surface area contributed by atoms with Crippen molar-refractivity contribution in [1.29, 1.82) is 0 Å². The standard InChI is InChI=1S/C15H22O2/c1-11(2)14(16)15(12(3)4)17-10-13-8-6-5-7-9-13/h5-9,11-12,15H,10H2,1-4H3. The van der Waals surface area contributed by atoms with E-state index in [2.05, 4.69) is 0 Å². The Hall–Kier alpha value is -1.15. The third kappa shape index (κ3) is 4.31. The van der Waals surface area contributed by atoms with Gasteiger partial charge in [-0.2, -0.15) is 0 Å². The number of carbonyl (C=O) groups excluding carboxylic acids is 1. The summed E-state index contributed by atoms with van der Waals surface area (Å²) < 4.78 is 5.76. The zero-order valence-electron chi connectivity index (χ0n) is 11.1. The molecular formula is C15H22O2. The van der Waals surface area contributed by atoms with Crippen molar-refractivity contribution in [3.8, 4) is 0 Å². The van der Waals surface area contributed by atoms with Gasteiger partial charge in [-0.3, -0.25) is 4.79 Å². The van der Waals surface area contributed by atoms with Gasteiger partial charge in [0, 0.05) is 5.92 Å². The highest BCUT2D eigenvalue weighted by Crippen LogP contribution is 2.15. The number of hydrogen-bond acceptors (Lipinski definition) is 2. The van der Waals surface area contributed by atoms with Gasteiger partial charge >= 0.3 is 0 Å². The molecular weight excluding hydrogens is 212 g/mol. The highest BCUT2D eigenvalue weighted by Gasteiger charge is 2.24. The second-order valence-corrected chi connectivity index (χ2v) is 5.02. The second kappa shape index (κ2) is 6.55. The van der Waals surface area contributed by atoms with Crippen molar-refractivity contribution in [3.05, 3.63) is 35.9 Å². The fourth-order valence-corrected chi connectivity index (χ4v) is 1.69. The second-order valence-electron chi connectivity index (χ2n) is 5.02. The summed E-state index contributed by atoms with van der Waals surface area (Å²) in [6, 6.07) is 9.96. The fraction of sp³-hybridized carbons (Fsp3) is 0.533. The minimum atomic E-state index is -0.296. The Morgan fingerprint density at radius 2 is 1.71 bits per heavy atom. The Bertz CT molecular complexity index is 341. The molecule has 1 aromatic carbocycles. The predicted molar refractivity (Wildman–Crippen MR) is 69.7 cm³/mol. The summed E-state index contributed by atoms with van der Waals surface area (Å²) in [5.41, 5.74) is 1.11. The number of hydrogen-bond donors (Lipinski definition) is 0. The number of ether oxygens (including phenoxy) is 1. The van der Waals surface area contributed by atoms with E-state index in [1.54, 1.807) is 0 Å². The van der Waals surface area contributed by atoms with Gasteiger partial charge in [0.05, 0.1) is 6.61 Å². The third-order valence-electron chi connectivity index (χ3n) is 2.73. The topological polar surface area (TPSA) is 26.3 Å². The molecule has 1 aromatic rings. The van der Waals surface area contributed by atoms with Gasteiger partial charge in [-0.15, -0.1) is 0 Å². The Balaban J connectivity index is 2.60. The fourth-order valence-electron chi connectivity index (χ4n) is 1.69. The maximum atomic E-state index is 12.0. The SMILES string of the molecule is CC(C)C(=O)C(OCc1ccccc1)C(C)C. The van der Waals surface area contributed by atoms with Gasteiger partial charge in [-0.25, -0.2) is 0 Å². The molecule has 0 amide bonds. The van der Waals surface area contributed by atoms with E-state index in [1.807, 2.05) is 58.0 Å². The van der Waals surface area contributed by atoms with Gasteiger partial charge in [0.25, 0.3) is 0 Å². The number of benzene rings is 1. The number of carbonyl (C=O) groups is 1. The lowest BCUT2D eigenvalue weighted by atomic mass is 9.95. The normalized spacial score (nSPS) is 13.1. The highest BCUT2D eigenvalue weighted by atomic mass is 16.5. The van der Waals surface area contributed by atoms with E-state index in [9.17, 15) is 4.79 Å². The minimum Gasteiger partial charge on any atom is -0.365 e. The molecule has 1 atom stereocenters. The Kier molecular flexibility index (Phi) is 5.36. The molecule has 1 unspecified atom stereocenters. The molecule has 0 N–H and O–H groups in total. The van der Waals surface area contributed by atoms with Crippen molar-refractivity contribution in [2.24, 2.45) is 11.8 Å². The summed E-state index contributed by atoms with van der Waals surface area (Å²) in [6.45, 7) is 8.39. The molecule has 0 spiro atoms. The van der Waals surface area contributed by atoms with E-state index >= 15 is 0 Å². The average Bonchev–Trinajstić information content (AvgIpc) is 2.29. The van der Waals surface area contributed by atoms with E-state index < -0.39 is 0 Å². The van der Waals surface area contributed by atoms with Crippen LogP contribution in [0.3, 0.4) is 0 Å². The maximum Gasteiger partial charge on any atom is 0.164 e. The molecule has 1 rings (SSSR count). The number of rotatable bonds is 6. The van der Waals surface area contributed by atoms with Crippen LogP contribution in [0.4, 0.5) is 0 Å². The molecule has 0 bridgehead atoms. The van der Waals surface area contributed by atoms with Crippen LogP contribution < -0.4 is 0 Å². The lowest BCUT2D eigenvalue weighted by molar-refractivity contribution is -0.137. The quantitative estimate of drug-likeness (QED) is 0.753. The van der Waals surface area contributed by atoms with Crippen LogP contribution in [0.2, 0.25) is 0 Å². The molecule has 0 saturated heterocycles. The summed E-state index contributed by atoms with van der Waals surface area (Å²) in [4.78, 5) is 12.0. The monoisotopic (exact) mass is 234 g/mol. The molecule has 0 aliphatic rings. The first-order chi connectivity index (χ1) is 8.02. The molecule has 17 heavy (non-hydrogen) atoms. The smallest absolute Gasteiger partial charge is 0.164 e. The van der Waals surface area contributed by atoms with Crippen LogP contribution in [0.1, 0.15) is 33.3 Å². The van der Waals surface area contributed by atoms with Crippen LogP contribution >= 0.6 is 0 Å². The molecule has 0 saturated carbocycles. The molecule has 0 aliphatic heterocycles. The van der Waals surface area contributed by atoms with Gasteiger partial charge in [-0.1, -0.05) is 58.0 Å². The number of ketones is 1. The summed E-state index contributed by atoms with van der Waals surface area (Å²) in [5, 5.41) is 0. The van der Waals surface area contributed by atoms with E-state index in [1.165, 1.54) is 0 Å². The third-order valence-corrected chi connectivity index (χ3v) is 2.73. The molecule has 2 heteroatoms. The van der Waals surface area contributed by atoms with Crippen molar-refractivity contribution < 1.29 is 9.53 Å². The van der Waals surface area contributed by atoms with E-state index in [0.717, 1.165) is 5.56 Å². The lowest BCUT2D eigenvalue weighted by Gasteiger charge is -2.22. The molecule has 0 radical (unpaired) electrons. The van der Waals surface area contributed by atoms with Crippen molar-refractivity contribution in [2.45, 2.75) is 40.4 Å². The van der Waals surface area contributed by atoms with Crippen LogP contribution in [0.5, 0.6) is 0 Å². The summed E-state index contributed by atoms with van der Waals surface area (Å²) in [7, 11) is 0. The highest BCUT2D eigenvalue weighted by molar-refractivity contribution is 5.85. The van der Waals surface area contributed by atoms with Gasteiger partial charge in [-0.05, 0) is 11.5 Å². The molecule has 0 aromatic heterocycles. The molecule has 94 valence electrons. The zero-order valence-corrected chi connectivity index (χ0v) is 11.1. The molecule has 0 heterocycles. The van der Waals surface area contributed by atoms with Crippen molar-refractivity contribution in [1.82, 2.24) is 0 Å². The summed E-state index contributed by atoms with van der Waals surface area (Å²) in [5.74, 6) is 0.433. The van der Waals surface area contributed by atoms with Crippen molar-refractivity contribution in [3.63, 3.8) is 0 Å². The summed E-state index contributed by atoms with van der Waals surface area (Å²) in [6.07, 6.45) is -0.296. The van der Waals surface area contributed by atoms with Crippen LogP contribution in [0.15, 0.2) is 30.3 Å². The van der Waals surface area contributed by atoms with Gasteiger partial charge in [0.1, 0.15) is 6.10 Å². The first kappa shape index (κ1) is 13.9. The largest absolute Gasteiger partial charge is 0.365 e. The van der Waals surface area contributed by atoms with Crippen molar-refractivity contribution in [2.75, 3.05) is 0 Å². The van der Waals surface area contributed by atoms with E-state index in [0.29, 0.717) is 6.61 Å². The van der Waals surface area contributed by atoms with Crippen molar-refractivity contribution >= 4 is 5.78 Å². The van der Waals surface area contributed by atoms with Gasteiger partial charge in [0.15, 0.2) is 5.78 Å². The lowest BCUT2D eigenvalue weighted by Crippen LogP contribution is -2.32. The van der Waals surface area contributed by atoms with Crippen LogP contribution in [-0.2, 0) is 16.1 Å². The van der Waals surface area contributed by atoms with E-state index in [-0.39, 0.29) is 23.7 Å². The predicted octanol–water partition coefficient (Wildman–Crippen LogP) is 3.45. The maximum absolute atomic E-state index is 12.0. The Labute approximate surface area is 104 Å². The summed E-state index contributed by atoms with van der Waals surface area (Å²) >= 11 is 0. The van der Waals surface area contributed by atoms with Gasteiger partial charge in [0.2, 0.25) is 0 Å². The molecule has 0 aliphatic carbocycles. The number of Topliss-reactive ketones (excluding diaryl/α,β-unsaturated/α-hetero) is 1. The zero-order chi connectivity index (χ0) is 12.8. The van der Waals surface area contributed by atoms with Gasteiger partial charge < -0.3 is 4.74 Å². The minimum absolute atomic E-state index is 0.0261. The first-order valence-electron chi connectivity index (χ1n) is 6.21. The van der Waals surface area contributed by atoms with Crippen LogP contribution in [0.25, 0.3) is 0 Å². The first-order valence-corrected chi connectivity index (χ1v) is 6.21.